The van der Waals surface area contributed by atoms with Gasteiger partial charge in [-0.05, 0) is 75.9 Å². The molecule has 5 nitrogen and oxygen atoms in total. The fraction of sp³-hybridized carbons (Fsp3) is 0.364. The molecule has 1 aliphatic rings. The Labute approximate surface area is 159 Å². The van der Waals surface area contributed by atoms with Crippen molar-refractivity contribution in [2.45, 2.75) is 52.7 Å². The van der Waals surface area contributed by atoms with Crippen molar-refractivity contribution >= 4 is 17.2 Å². The fourth-order valence-corrected chi connectivity index (χ4v) is 3.88. The van der Waals surface area contributed by atoms with Gasteiger partial charge in [-0.15, -0.1) is 0 Å². The van der Waals surface area contributed by atoms with Gasteiger partial charge in [0.25, 0.3) is 5.91 Å². The van der Waals surface area contributed by atoms with Crippen LogP contribution in [0.25, 0.3) is 5.65 Å². The van der Waals surface area contributed by atoms with Crippen LogP contribution in [0.2, 0.25) is 0 Å². The van der Waals surface area contributed by atoms with E-state index in [2.05, 4.69) is 36.3 Å². The van der Waals surface area contributed by atoms with Crippen LogP contribution in [0, 0.1) is 13.8 Å². The third kappa shape index (κ3) is 3.35. The predicted molar refractivity (Wildman–Crippen MR) is 106 cm³/mol. The molecule has 1 atom stereocenters. The lowest BCUT2D eigenvalue weighted by molar-refractivity contribution is 0.00792. The second-order valence-electron chi connectivity index (χ2n) is 7.54. The van der Waals surface area contributed by atoms with Crippen molar-refractivity contribution in [3.8, 4) is 0 Å². The summed E-state index contributed by atoms with van der Waals surface area (Å²) in [6, 6.07) is 9.94. The molecule has 2 aromatic heterocycles. The van der Waals surface area contributed by atoms with E-state index in [4.69, 9.17) is 4.74 Å². The first-order valence-electron chi connectivity index (χ1n) is 9.47. The number of ether oxygens (including phenoxy) is 1. The number of nitrogens with one attached hydrogen (secondary N) is 1. The minimum atomic E-state index is -0.144. The van der Waals surface area contributed by atoms with Crippen molar-refractivity contribution in [1.82, 2.24) is 9.38 Å². The lowest BCUT2D eigenvalue weighted by Gasteiger charge is -2.17. The Bertz CT molecular complexity index is 1020. The molecule has 0 saturated carbocycles. The molecule has 0 saturated heterocycles. The lowest BCUT2D eigenvalue weighted by atomic mass is 10.1. The first kappa shape index (κ1) is 17.7. The first-order valence-corrected chi connectivity index (χ1v) is 9.47. The Balaban J connectivity index is 1.61. The van der Waals surface area contributed by atoms with E-state index in [1.165, 1.54) is 11.1 Å². The van der Waals surface area contributed by atoms with E-state index >= 15 is 0 Å². The standard InChI is InChI=1S/C22H25N3O2/c1-13(2)27-20-8-6-16-5-7-17(12-19(16)20)24-22(26)18-9-10-25-15(4)11-14(3)23-21(18)25/h5,7,9-13,20H,6,8H2,1-4H3,(H,24,26). The number of anilines is 1. The third-order valence-corrected chi connectivity index (χ3v) is 5.05. The number of carbonyl (C=O) groups is 1. The molecule has 1 amide bonds. The van der Waals surface area contributed by atoms with E-state index in [0.29, 0.717) is 11.2 Å². The summed E-state index contributed by atoms with van der Waals surface area (Å²) in [5, 5.41) is 3.03. The number of aromatic nitrogens is 2. The Hall–Kier alpha value is -2.66. The summed E-state index contributed by atoms with van der Waals surface area (Å²) in [6.07, 6.45) is 4.20. The molecule has 3 aromatic rings. The highest BCUT2D eigenvalue weighted by Gasteiger charge is 2.24. The molecule has 0 bridgehead atoms. The Kier molecular flexibility index (Phi) is 4.48. The number of rotatable bonds is 4. The van der Waals surface area contributed by atoms with Crippen LogP contribution < -0.4 is 5.32 Å². The van der Waals surface area contributed by atoms with Crippen LogP contribution in [0.15, 0.2) is 36.5 Å². The maximum absolute atomic E-state index is 12.9. The second kappa shape index (κ2) is 6.82. The number of hydrogen-bond donors (Lipinski definition) is 1. The van der Waals surface area contributed by atoms with Crippen LogP contribution >= 0.6 is 0 Å². The highest BCUT2D eigenvalue weighted by Crippen LogP contribution is 2.36. The number of carbonyl (C=O) groups excluding carboxylic acids is 1. The van der Waals surface area contributed by atoms with Crippen molar-refractivity contribution in [3.63, 3.8) is 0 Å². The quantitative estimate of drug-likeness (QED) is 0.736. The van der Waals surface area contributed by atoms with Gasteiger partial charge in [-0.25, -0.2) is 4.98 Å². The summed E-state index contributed by atoms with van der Waals surface area (Å²) >= 11 is 0. The normalized spacial score (nSPS) is 16.1. The molecule has 1 unspecified atom stereocenters. The van der Waals surface area contributed by atoms with Crippen LogP contribution in [-0.2, 0) is 11.2 Å². The molecule has 1 aromatic carbocycles. The van der Waals surface area contributed by atoms with Gasteiger partial charge in [0.1, 0.15) is 5.65 Å². The van der Waals surface area contributed by atoms with Gasteiger partial charge >= 0.3 is 0 Å². The molecule has 0 spiro atoms. The van der Waals surface area contributed by atoms with Crippen LogP contribution in [0.5, 0.6) is 0 Å². The predicted octanol–water partition coefficient (Wildman–Crippen LogP) is 4.62. The number of amides is 1. The number of fused-ring (bicyclic) bond motifs is 2. The first-order chi connectivity index (χ1) is 12.9. The zero-order chi connectivity index (χ0) is 19.1. The number of benzene rings is 1. The molecule has 0 fully saturated rings. The summed E-state index contributed by atoms with van der Waals surface area (Å²) in [5.74, 6) is -0.144. The monoisotopic (exact) mass is 363 g/mol. The van der Waals surface area contributed by atoms with Crippen molar-refractivity contribution in [1.29, 1.82) is 0 Å². The molecular formula is C22H25N3O2. The number of hydrogen-bond acceptors (Lipinski definition) is 3. The van der Waals surface area contributed by atoms with Gasteiger partial charge in [0, 0.05) is 23.3 Å². The zero-order valence-corrected chi connectivity index (χ0v) is 16.2. The Morgan fingerprint density at radius 3 is 2.85 bits per heavy atom. The van der Waals surface area contributed by atoms with Gasteiger partial charge < -0.3 is 14.5 Å². The van der Waals surface area contributed by atoms with Crippen LogP contribution in [0.4, 0.5) is 5.69 Å². The van der Waals surface area contributed by atoms with Crippen molar-refractivity contribution in [2.75, 3.05) is 5.32 Å². The highest BCUT2D eigenvalue weighted by molar-refractivity contribution is 6.08. The lowest BCUT2D eigenvalue weighted by Crippen LogP contribution is -2.13. The minimum Gasteiger partial charge on any atom is -0.371 e. The van der Waals surface area contributed by atoms with Crippen LogP contribution in [0.1, 0.15) is 59.2 Å². The largest absolute Gasteiger partial charge is 0.371 e. The Morgan fingerprint density at radius 2 is 2.07 bits per heavy atom. The SMILES string of the molecule is Cc1cc(C)n2ccc(C(=O)Nc3ccc4c(c3)C(OC(C)C)CC4)c2n1. The molecular weight excluding hydrogens is 338 g/mol. The second-order valence-corrected chi connectivity index (χ2v) is 7.54. The average Bonchev–Trinajstić information content (AvgIpc) is 3.19. The number of aryl methyl sites for hydroxylation is 3. The molecule has 0 aliphatic heterocycles. The summed E-state index contributed by atoms with van der Waals surface area (Å²) in [6.45, 7) is 8.06. The minimum absolute atomic E-state index is 0.110. The van der Waals surface area contributed by atoms with E-state index in [9.17, 15) is 4.79 Å². The van der Waals surface area contributed by atoms with Gasteiger partial charge in [0.05, 0.1) is 17.8 Å². The molecule has 1 aliphatic carbocycles. The van der Waals surface area contributed by atoms with Crippen molar-refractivity contribution in [2.24, 2.45) is 0 Å². The summed E-state index contributed by atoms with van der Waals surface area (Å²) in [7, 11) is 0. The van der Waals surface area contributed by atoms with Gasteiger partial charge in [0.2, 0.25) is 0 Å². The molecule has 27 heavy (non-hydrogen) atoms. The van der Waals surface area contributed by atoms with E-state index in [0.717, 1.165) is 29.9 Å². The van der Waals surface area contributed by atoms with E-state index < -0.39 is 0 Å². The van der Waals surface area contributed by atoms with Crippen molar-refractivity contribution < 1.29 is 9.53 Å². The molecule has 1 N–H and O–H groups in total. The smallest absolute Gasteiger partial charge is 0.259 e. The maximum Gasteiger partial charge on any atom is 0.259 e. The molecule has 0 radical (unpaired) electrons. The summed E-state index contributed by atoms with van der Waals surface area (Å²) in [4.78, 5) is 17.4. The molecule has 4 rings (SSSR count). The van der Waals surface area contributed by atoms with Gasteiger partial charge in [-0.3, -0.25) is 4.79 Å². The van der Waals surface area contributed by atoms with Crippen LogP contribution in [-0.4, -0.2) is 21.4 Å². The number of nitrogens with zero attached hydrogens (tertiary/aromatic N) is 2. The third-order valence-electron chi connectivity index (χ3n) is 5.05. The summed E-state index contributed by atoms with van der Waals surface area (Å²) in [5.41, 5.74) is 6.52. The van der Waals surface area contributed by atoms with E-state index in [1.54, 1.807) is 0 Å². The topological polar surface area (TPSA) is 55.6 Å². The molecule has 5 heteroatoms. The van der Waals surface area contributed by atoms with Crippen molar-refractivity contribution in [3.05, 3.63) is 64.6 Å². The fourth-order valence-electron chi connectivity index (χ4n) is 3.88. The van der Waals surface area contributed by atoms with Gasteiger partial charge in [0.15, 0.2) is 0 Å². The summed E-state index contributed by atoms with van der Waals surface area (Å²) < 4.78 is 7.97. The average molecular weight is 363 g/mol. The van der Waals surface area contributed by atoms with E-state index in [-0.39, 0.29) is 18.1 Å². The van der Waals surface area contributed by atoms with Gasteiger partial charge in [-0.1, -0.05) is 6.07 Å². The highest BCUT2D eigenvalue weighted by atomic mass is 16.5. The molecule has 2 heterocycles. The van der Waals surface area contributed by atoms with Crippen LogP contribution in [0.3, 0.4) is 0 Å². The zero-order valence-electron chi connectivity index (χ0n) is 16.2. The Morgan fingerprint density at radius 1 is 1.26 bits per heavy atom. The maximum atomic E-state index is 12.9. The molecule has 140 valence electrons. The van der Waals surface area contributed by atoms with Gasteiger partial charge in [-0.2, -0.15) is 0 Å². The van der Waals surface area contributed by atoms with E-state index in [1.807, 2.05) is 42.6 Å².